The van der Waals surface area contributed by atoms with Crippen LogP contribution in [0.25, 0.3) is 17.0 Å². The van der Waals surface area contributed by atoms with Crippen molar-refractivity contribution in [2.45, 2.75) is 55.0 Å². The lowest BCUT2D eigenvalue weighted by atomic mass is 10.1. The van der Waals surface area contributed by atoms with Gasteiger partial charge < -0.3 is 25.9 Å². The molecule has 2 aromatic carbocycles. The minimum atomic E-state index is -0.894. The molecule has 1 aliphatic heterocycles. The molecule has 1 aliphatic carbocycles. The Morgan fingerprint density at radius 2 is 2.03 bits per heavy atom. The van der Waals surface area contributed by atoms with Gasteiger partial charge in [-0.1, -0.05) is 30.0 Å². The molecule has 3 aromatic rings. The zero-order chi connectivity index (χ0) is 26.2. The van der Waals surface area contributed by atoms with Crippen molar-refractivity contribution in [2.75, 3.05) is 19.1 Å². The van der Waals surface area contributed by atoms with Gasteiger partial charge in [-0.3, -0.25) is 4.79 Å². The quantitative estimate of drug-likeness (QED) is 0.336. The molecule has 2 aliphatic rings. The zero-order valence-corrected chi connectivity index (χ0v) is 22.4. The van der Waals surface area contributed by atoms with Crippen LogP contribution < -0.4 is 20.8 Å². The van der Waals surface area contributed by atoms with Gasteiger partial charge >= 0.3 is 0 Å². The normalized spacial score (nSPS) is 18.9. The molecule has 0 radical (unpaired) electrons. The van der Waals surface area contributed by atoms with Crippen LogP contribution in [0.2, 0.25) is 0 Å². The second-order valence-electron chi connectivity index (χ2n) is 10.3. The van der Waals surface area contributed by atoms with Crippen LogP contribution in [0.5, 0.6) is 5.75 Å². The molecule has 1 saturated carbocycles. The lowest BCUT2D eigenvalue weighted by molar-refractivity contribution is 0.0841. The number of methoxy groups -OCH3 is 1. The fourth-order valence-corrected chi connectivity index (χ4v) is 5.30. The van der Waals surface area contributed by atoms with E-state index in [4.69, 9.17) is 9.72 Å². The van der Waals surface area contributed by atoms with E-state index in [1.807, 2.05) is 35.0 Å². The fraction of sp³-hybridized carbons (Fsp3) is 0.357. The Balaban J connectivity index is 1.52. The fourth-order valence-electron chi connectivity index (χ4n) is 4.21. The molecule has 1 unspecified atom stereocenters. The first-order chi connectivity index (χ1) is 17.6. The minimum Gasteiger partial charge on any atom is -0.496 e. The van der Waals surface area contributed by atoms with Crippen LogP contribution in [-0.2, 0) is 0 Å². The lowest BCUT2D eigenvalue weighted by Crippen LogP contribution is -2.43. The molecule has 194 valence electrons. The first kappa shape index (κ1) is 25.2. The number of aliphatic hydroxyl groups is 1. The predicted molar refractivity (Wildman–Crippen MR) is 147 cm³/mol. The number of carbonyl (C=O) groups excluding carboxylic acids is 1. The van der Waals surface area contributed by atoms with Crippen LogP contribution in [-0.4, -0.2) is 50.8 Å². The number of nitrogens with one attached hydrogen (secondary N) is 3. The highest BCUT2D eigenvalue weighted by molar-refractivity contribution is 8.01. The van der Waals surface area contributed by atoms with Gasteiger partial charge in [0.2, 0.25) is 0 Å². The van der Waals surface area contributed by atoms with Crippen LogP contribution in [0, 0.1) is 0 Å². The average Bonchev–Trinajstić information content (AvgIpc) is 3.58. The van der Waals surface area contributed by atoms with Gasteiger partial charge in [-0.2, -0.15) is 0 Å². The highest BCUT2D eigenvalue weighted by Gasteiger charge is 2.33. The van der Waals surface area contributed by atoms with Gasteiger partial charge in [-0.05, 0) is 70.0 Å². The van der Waals surface area contributed by atoms with Crippen molar-refractivity contribution in [3.63, 3.8) is 0 Å². The minimum absolute atomic E-state index is 0.0892. The van der Waals surface area contributed by atoms with E-state index in [9.17, 15) is 9.90 Å². The maximum absolute atomic E-state index is 12.6. The summed E-state index contributed by atoms with van der Waals surface area (Å²) in [4.78, 5) is 17.9. The molecule has 9 heteroatoms. The van der Waals surface area contributed by atoms with Gasteiger partial charge in [0, 0.05) is 28.6 Å². The van der Waals surface area contributed by atoms with Crippen LogP contribution >= 0.6 is 11.8 Å². The summed E-state index contributed by atoms with van der Waals surface area (Å²) in [6, 6.07) is 16.0. The molecular weight excluding hydrogens is 486 g/mol. The molecule has 1 fully saturated rings. The van der Waals surface area contributed by atoms with Gasteiger partial charge in [0.1, 0.15) is 10.6 Å². The Morgan fingerprint density at radius 1 is 1.27 bits per heavy atom. The summed E-state index contributed by atoms with van der Waals surface area (Å²) in [6.07, 6.45) is 5.96. The van der Waals surface area contributed by atoms with Gasteiger partial charge in [0.15, 0.2) is 5.82 Å². The molecule has 0 spiro atoms. The number of hydrogen-bond donors (Lipinski definition) is 4. The largest absolute Gasteiger partial charge is 0.496 e. The summed E-state index contributed by atoms with van der Waals surface area (Å²) in [5.41, 5.74) is 5.73. The Kier molecular flexibility index (Phi) is 6.68. The number of rotatable bonds is 9. The first-order valence-corrected chi connectivity index (χ1v) is 13.2. The van der Waals surface area contributed by atoms with Crippen molar-refractivity contribution in [2.24, 2.45) is 0 Å². The summed E-state index contributed by atoms with van der Waals surface area (Å²) in [5.74, 6) is 1.20. The monoisotopic (exact) mass is 519 g/mol. The second kappa shape index (κ2) is 9.79. The third-order valence-corrected chi connectivity index (χ3v) is 7.33. The van der Waals surface area contributed by atoms with Crippen LogP contribution in [0.1, 0.15) is 49.8 Å². The number of aromatic nitrogens is 2. The SMILES string of the molecule is COc1cc(C(=O)NC2CC2)ccc1-c1cnc2n1NC(C)(Sc1ccccc1)C=C2NCC(C)(C)O. The molecule has 1 atom stereocenters. The molecule has 8 nitrogen and oxygen atoms in total. The first-order valence-electron chi connectivity index (χ1n) is 12.4. The van der Waals surface area contributed by atoms with Crippen molar-refractivity contribution in [3.05, 3.63) is 72.2 Å². The molecular formula is C28H33N5O3S. The number of fused-ring (bicyclic) bond motifs is 1. The zero-order valence-electron chi connectivity index (χ0n) is 21.5. The van der Waals surface area contributed by atoms with Crippen molar-refractivity contribution in [1.82, 2.24) is 20.3 Å². The van der Waals surface area contributed by atoms with Crippen molar-refractivity contribution in [3.8, 4) is 17.0 Å². The average molecular weight is 520 g/mol. The lowest BCUT2D eigenvalue weighted by Gasteiger charge is -2.35. The summed E-state index contributed by atoms with van der Waals surface area (Å²) in [7, 11) is 1.61. The number of nitrogens with zero attached hydrogens (tertiary/aromatic N) is 2. The topological polar surface area (TPSA) is 100 Å². The van der Waals surface area contributed by atoms with Gasteiger partial charge in [-0.15, -0.1) is 0 Å². The van der Waals surface area contributed by atoms with Crippen molar-refractivity contribution < 1.29 is 14.6 Å². The van der Waals surface area contributed by atoms with Gasteiger partial charge in [0.25, 0.3) is 5.91 Å². The Morgan fingerprint density at radius 3 is 2.70 bits per heavy atom. The molecule has 4 N–H and O–H groups in total. The smallest absolute Gasteiger partial charge is 0.251 e. The third kappa shape index (κ3) is 5.78. The van der Waals surface area contributed by atoms with Crippen LogP contribution in [0.4, 0.5) is 0 Å². The second-order valence-corrected chi connectivity index (χ2v) is 11.8. The van der Waals surface area contributed by atoms with Gasteiger partial charge in [-0.25, -0.2) is 9.66 Å². The van der Waals surface area contributed by atoms with E-state index in [0.29, 0.717) is 23.7 Å². The number of amides is 1. The summed E-state index contributed by atoms with van der Waals surface area (Å²) >= 11 is 1.68. The van der Waals surface area contributed by atoms with E-state index < -0.39 is 10.5 Å². The number of thioether (sulfide) groups is 1. The Hall–Kier alpha value is -3.43. The van der Waals surface area contributed by atoms with Gasteiger partial charge in [0.05, 0.1) is 30.3 Å². The summed E-state index contributed by atoms with van der Waals surface area (Å²) in [6.45, 7) is 6.00. The molecule has 0 bridgehead atoms. The van der Waals surface area contributed by atoms with E-state index in [2.05, 4.69) is 41.2 Å². The Bertz CT molecular complexity index is 1330. The molecule has 37 heavy (non-hydrogen) atoms. The standard InChI is InChI=1S/C28H33N5O3S/c1-27(2,35)17-30-22-15-28(3,37-20-8-6-5-7-9-20)32-33-23(16-29-25(22)33)21-13-10-18(14-24(21)36-4)26(34)31-19-11-12-19/h5-10,13-16,19,30,32,35H,11-12,17H2,1-4H3,(H,31,34). The number of ether oxygens (including phenoxy) is 1. The molecule has 1 aromatic heterocycles. The Labute approximate surface area is 221 Å². The van der Waals surface area contributed by atoms with Crippen LogP contribution in [0.15, 0.2) is 65.7 Å². The van der Waals surface area contributed by atoms with E-state index in [0.717, 1.165) is 34.7 Å². The van der Waals surface area contributed by atoms with E-state index in [1.54, 1.807) is 45.0 Å². The third-order valence-electron chi connectivity index (χ3n) is 6.19. The number of hydrogen-bond acceptors (Lipinski definition) is 7. The van der Waals surface area contributed by atoms with E-state index in [1.165, 1.54) is 0 Å². The number of imidazole rings is 1. The van der Waals surface area contributed by atoms with Crippen molar-refractivity contribution in [1.29, 1.82) is 0 Å². The highest BCUT2D eigenvalue weighted by atomic mass is 32.2. The summed E-state index contributed by atoms with van der Waals surface area (Å²) < 4.78 is 7.67. The predicted octanol–water partition coefficient (Wildman–Crippen LogP) is 4.22. The molecule has 0 saturated heterocycles. The maximum Gasteiger partial charge on any atom is 0.251 e. The molecule has 5 rings (SSSR count). The van der Waals surface area contributed by atoms with Crippen molar-refractivity contribution >= 4 is 23.4 Å². The number of carbonyl (C=O) groups is 1. The maximum atomic E-state index is 12.6. The number of benzene rings is 2. The van der Waals surface area contributed by atoms with E-state index in [-0.39, 0.29) is 11.9 Å². The molecule has 1 amide bonds. The van der Waals surface area contributed by atoms with E-state index >= 15 is 0 Å². The van der Waals surface area contributed by atoms with Crippen LogP contribution in [0.3, 0.4) is 0 Å². The summed E-state index contributed by atoms with van der Waals surface area (Å²) in [5, 5.41) is 16.8. The highest BCUT2D eigenvalue weighted by Crippen LogP contribution is 2.40. The molecule has 2 heterocycles.